The first-order chi connectivity index (χ1) is 20.9. The van der Waals surface area contributed by atoms with Gasteiger partial charge in [-0.05, 0) is 37.1 Å². The SMILES string of the molecule is CC(=O)O[C@@H](C(=O)[C@@]1(C)C[C@]2(OC(C)=O)COC2C[C@@H]1O)C1=C(C)[C@@H](OC(C)=O)C[C@@](O)(COC(=O)c2ccccc2)C1(C)C. The van der Waals surface area contributed by atoms with Gasteiger partial charge in [-0.3, -0.25) is 19.2 Å². The van der Waals surface area contributed by atoms with Gasteiger partial charge in [-0.2, -0.15) is 0 Å². The standard InChI is InChI=1S/C33H42O12/c1-18-23(43-19(2)34)14-33(40,17-42-29(39)22-11-9-8-10-12-22)30(5,6)26(18)27(44-20(3)35)28(38)31(7)15-32(45-21(4)36)16-41-25(32)13-24(31)37/h8-12,23-25,27,37,40H,13-17H2,1-7H3/t23-,24-,25?,27+,31-,32-,33+/m0/s1. The molecule has 2 fully saturated rings. The van der Waals surface area contributed by atoms with Crippen LogP contribution in [-0.4, -0.2) is 88.7 Å². The first kappa shape index (κ1) is 34.3. The van der Waals surface area contributed by atoms with Gasteiger partial charge in [0.2, 0.25) is 0 Å². The first-order valence-electron chi connectivity index (χ1n) is 14.9. The summed E-state index contributed by atoms with van der Waals surface area (Å²) < 4.78 is 28.0. The molecule has 1 aliphatic heterocycles. The molecule has 7 atom stereocenters. The summed E-state index contributed by atoms with van der Waals surface area (Å²) in [5.74, 6) is -3.44. The number of carbonyl (C=O) groups is 5. The third kappa shape index (κ3) is 6.28. The zero-order chi connectivity index (χ0) is 33.5. The van der Waals surface area contributed by atoms with E-state index in [1.165, 1.54) is 20.8 Å². The largest absolute Gasteiger partial charge is 0.459 e. The number of hydrogen-bond donors (Lipinski definition) is 2. The van der Waals surface area contributed by atoms with E-state index in [1.807, 2.05) is 0 Å². The van der Waals surface area contributed by atoms with Crippen molar-refractivity contribution < 1.29 is 57.9 Å². The van der Waals surface area contributed by atoms with Crippen LogP contribution in [0.2, 0.25) is 0 Å². The van der Waals surface area contributed by atoms with E-state index < -0.39 is 82.7 Å². The number of benzene rings is 1. The van der Waals surface area contributed by atoms with Gasteiger partial charge in [0.1, 0.15) is 24.4 Å². The average molecular weight is 631 g/mol. The normalized spacial score (nSPS) is 32.7. The highest BCUT2D eigenvalue weighted by molar-refractivity contribution is 5.94. The lowest BCUT2D eigenvalue weighted by molar-refractivity contribution is -0.291. The number of ketones is 1. The molecule has 2 aliphatic carbocycles. The van der Waals surface area contributed by atoms with Crippen LogP contribution >= 0.6 is 0 Å². The van der Waals surface area contributed by atoms with Crippen LogP contribution in [0.1, 0.15) is 78.1 Å². The van der Waals surface area contributed by atoms with Crippen LogP contribution in [0.15, 0.2) is 41.5 Å². The van der Waals surface area contributed by atoms with Crippen molar-refractivity contribution in [3.8, 4) is 0 Å². The van der Waals surface area contributed by atoms with E-state index in [1.54, 1.807) is 51.1 Å². The number of rotatable bonds is 9. The zero-order valence-electron chi connectivity index (χ0n) is 26.7. The van der Waals surface area contributed by atoms with Crippen molar-refractivity contribution in [2.24, 2.45) is 10.8 Å². The molecule has 1 aromatic carbocycles. The van der Waals surface area contributed by atoms with Gasteiger partial charge in [-0.1, -0.05) is 32.0 Å². The number of Topliss-reactive ketones (excluding diaryl/α,β-unsaturated/α-hetero) is 1. The van der Waals surface area contributed by atoms with Gasteiger partial charge in [0.15, 0.2) is 17.5 Å². The van der Waals surface area contributed by atoms with Crippen LogP contribution in [0.25, 0.3) is 0 Å². The molecule has 0 radical (unpaired) electrons. The quantitative estimate of drug-likeness (QED) is 0.232. The number of esters is 4. The molecule has 12 nitrogen and oxygen atoms in total. The van der Waals surface area contributed by atoms with Crippen LogP contribution < -0.4 is 0 Å². The van der Waals surface area contributed by atoms with Crippen LogP contribution in [0.3, 0.4) is 0 Å². The molecule has 0 bridgehead atoms. The van der Waals surface area contributed by atoms with E-state index in [-0.39, 0.29) is 37.0 Å². The second kappa shape index (κ2) is 12.3. The summed E-state index contributed by atoms with van der Waals surface area (Å²) in [5.41, 5.74) is -5.32. The Morgan fingerprint density at radius 2 is 1.64 bits per heavy atom. The minimum Gasteiger partial charge on any atom is -0.459 e. The molecule has 0 spiro atoms. The van der Waals surface area contributed by atoms with Crippen molar-refractivity contribution in [1.29, 1.82) is 0 Å². The highest BCUT2D eigenvalue weighted by Crippen LogP contribution is 2.54. The van der Waals surface area contributed by atoms with Gasteiger partial charge in [-0.25, -0.2) is 4.79 Å². The first-order valence-corrected chi connectivity index (χ1v) is 14.9. The van der Waals surface area contributed by atoms with Gasteiger partial charge in [0.25, 0.3) is 0 Å². The van der Waals surface area contributed by atoms with Gasteiger partial charge in [0.05, 0.1) is 23.7 Å². The number of carbonyl (C=O) groups excluding carboxylic acids is 5. The Morgan fingerprint density at radius 3 is 2.18 bits per heavy atom. The van der Waals surface area contributed by atoms with E-state index in [0.29, 0.717) is 5.57 Å². The molecule has 45 heavy (non-hydrogen) atoms. The van der Waals surface area contributed by atoms with E-state index >= 15 is 0 Å². The van der Waals surface area contributed by atoms with Crippen molar-refractivity contribution >= 4 is 29.7 Å². The highest BCUT2D eigenvalue weighted by atomic mass is 16.6. The minimum atomic E-state index is -1.91. The second-order valence-electron chi connectivity index (χ2n) is 13.2. The van der Waals surface area contributed by atoms with E-state index in [9.17, 15) is 34.2 Å². The Morgan fingerprint density at radius 1 is 1.00 bits per heavy atom. The molecule has 1 unspecified atom stereocenters. The van der Waals surface area contributed by atoms with Crippen molar-refractivity contribution in [3.63, 3.8) is 0 Å². The predicted octanol–water partition coefficient (Wildman–Crippen LogP) is 2.62. The number of hydrogen-bond acceptors (Lipinski definition) is 12. The smallest absolute Gasteiger partial charge is 0.338 e. The lowest BCUT2D eigenvalue weighted by Crippen LogP contribution is -2.70. The summed E-state index contributed by atoms with van der Waals surface area (Å²) in [7, 11) is 0. The molecule has 0 amide bonds. The number of ether oxygens (including phenoxy) is 5. The summed E-state index contributed by atoms with van der Waals surface area (Å²) in [4.78, 5) is 64.2. The summed E-state index contributed by atoms with van der Waals surface area (Å²) in [6.45, 7) is 9.41. The van der Waals surface area contributed by atoms with Crippen LogP contribution in [0.4, 0.5) is 0 Å². The molecule has 1 aromatic rings. The van der Waals surface area contributed by atoms with Crippen molar-refractivity contribution in [1.82, 2.24) is 0 Å². The number of fused-ring (bicyclic) bond motifs is 1. The Hall–Kier alpha value is -3.61. The fourth-order valence-corrected chi connectivity index (χ4v) is 6.99. The Kier molecular flexibility index (Phi) is 9.36. The molecule has 1 heterocycles. The predicted molar refractivity (Wildman–Crippen MR) is 156 cm³/mol. The summed E-state index contributed by atoms with van der Waals surface area (Å²) in [6, 6.07) is 8.18. The molecule has 1 saturated carbocycles. The van der Waals surface area contributed by atoms with Crippen molar-refractivity contribution in [2.45, 2.75) is 103 Å². The summed E-state index contributed by atoms with van der Waals surface area (Å²) in [6.07, 6.45) is -4.92. The highest BCUT2D eigenvalue weighted by Gasteiger charge is 2.65. The summed E-state index contributed by atoms with van der Waals surface area (Å²) in [5, 5.41) is 23.5. The maximum Gasteiger partial charge on any atom is 0.338 e. The Balaban J connectivity index is 1.78. The van der Waals surface area contributed by atoms with Crippen LogP contribution in [-0.2, 0) is 42.9 Å². The van der Waals surface area contributed by atoms with Crippen LogP contribution in [0.5, 0.6) is 0 Å². The molecule has 2 N–H and O–H groups in total. The molecule has 0 aromatic heterocycles. The fraction of sp³-hybridized carbons (Fsp3) is 0.606. The lowest BCUT2D eigenvalue weighted by Gasteiger charge is -2.57. The van der Waals surface area contributed by atoms with Gasteiger partial charge < -0.3 is 33.9 Å². The number of aliphatic hydroxyl groups excluding tert-OH is 1. The maximum atomic E-state index is 14.7. The topological polar surface area (TPSA) is 172 Å². The molecule has 246 valence electrons. The fourth-order valence-electron chi connectivity index (χ4n) is 6.99. The number of aliphatic hydroxyl groups is 2. The lowest BCUT2D eigenvalue weighted by atomic mass is 9.56. The van der Waals surface area contributed by atoms with Gasteiger partial charge in [0, 0.05) is 45.4 Å². The summed E-state index contributed by atoms with van der Waals surface area (Å²) >= 11 is 0. The van der Waals surface area contributed by atoms with Crippen molar-refractivity contribution in [3.05, 3.63) is 47.0 Å². The maximum absolute atomic E-state index is 14.7. The van der Waals surface area contributed by atoms with E-state index in [4.69, 9.17) is 23.7 Å². The molecular weight excluding hydrogens is 588 g/mol. The van der Waals surface area contributed by atoms with E-state index in [2.05, 4.69) is 0 Å². The van der Waals surface area contributed by atoms with Crippen molar-refractivity contribution in [2.75, 3.05) is 13.2 Å². The van der Waals surface area contributed by atoms with Crippen LogP contribution in [0, 0.1) is 10.8 Å². The molecule has 1 saturated heterocycles. The molecular formula is C33H42O12. The molecule has 3 aliphatic rings. The third-order valence-corrected chi connectivity index (χ3v) is 9.68. The average Bonchev–Trinajstić information content (AvgIpc) is 2.94. The molecule has 12 heteroatoms. The molecule has 4 rings (SSSR count). The monoisotopic (exact) mass is 630 g/mol. The van der Waals surface area contributed by atoms with Gasteiger partial charge >= 0.3 is 23.9 Å². The Labute approximate surface area is 262 Å². The Bertz CT molecular complexity index is 1400. The second-order valence-corrected chi connectivity index (χ2v) is 13.2. The minimum absolute atomic E-state index is 0.0147. The van der Waals surface area contributed by atoms with Gasteiger partial charge in [-0.15, -0.1) is 0 Å². The van der Waals surface area contributed by atoms with E-state index in [0.717, 1.165) is 6.92 Å². The third-order valence-electron chi connectivity index (χ3n) is 9.68. The zero-order valence-corrected chi connectivity index (χ0v) is 26.7.